The number of rotatable bonds is 12. The summed E-state index contributed by atoms with van der Waals surface area (Å²) in [7, 11) is 1.56. The number of methoxy groups -OCH3 is 1. The van der Waals surface area contributed by atoms with Crippen molar-refractivity contribution in [3.8, 4) is 5.75 Å². The third kappa shape index (κ3) is 8.01. The normalized spacial score (nSPS) is 21.3. The van der Waals surface area contributed by atoms with Gasteiger partial charge in [0.1, 0.15) is 23.4 Å². The van der Waals surface area contributed by atoms with Gasteiger partial charge in [0.2, 0.25) is 17.7 Å². The molecule has 3 rings (SSSR count). The lowest BCUT2D eigenvalue weighted by Crippen LogP contribution is -2.55. The van der Waals surface area contributed by atoms with Gasteiger partial charge in [-0.15, -0.1) is 0 Å². The number of hydrogen-bond acceptors (Lipinski definition) is 8. The molecule has 2 aliphatic heterocycles. The van der Waals surface area contributed by atoms with Crippen LogP contribution in [0.25, 0.3) is 0 Å². The van der Waals surface area contributed by atoms with Crippen LogP contribution >= 0.6 is 0 Å². The van der Waals surface area contributed by atoms with E-state index in [9.17, 15) is 19.2 Å². The number of benzene rings is 1. The summed E-state index contributed by atoms with van der Waals surface area (Å²) in [4.78, 5) is 52.3. The Morgan fingerprint density at radius 2 is 1.74 bits per heavy atom. The first kappa shape index (κ1) is 26.6. The van der Waals surface area contributed by atoms with Crippen LogP contribution in [-0.4, -0.2) is 99.2 Å². The minimum absolute atomic E-state index is 0.166. The average Bonchev–Trinajstić information content (AvgIpc) is 3.61. The number of carbonyl (C=O) groups excluding carboxylic acids is 4. The molecule has 192 valence electrons. The maximum Gasteiger partial charge on any atom is 0.243 e. The van der Waals surface area contributed by atoms with E-state index in [-0.39, 0.29) is 31.2 Å². The highest BCUT2D eigenvalue weighted by molar-refractivity contribution is 5.96. The van der Waals surface area contributed by atoms with E-state index in [1.807, 2.05) is 4.90 Å². The molecule has 11 heteroatoms. The molecule has 2 heterocycles. The molecule has 2 saturated heterocycles. The molecule has 2 aliphatic rings. The lowest BCUT2D eigenvalue weighted by Gasteiger charge is -2.26. The predicted molar refractivity (Wildman–Crippen MR) is 126 cm³/mol. The summed E-state index contributed by atoms with van der Waals surface area (Å²) >= 11 is 0. The molecular formula is C24H34N4O7. The van der Waals surface area contributed by atoms with Gasteiger partial charge < -0.3 is 30.2 Å². The van der Waals surface area contributed by atoms with Crippen molar-refractivity contribution in [3.05, 3.63) is 29.8 Å². The number of epoxide rings is 1. The number of nitrogens with zero attached hydrogens (tertiary/aromatic N) is 1. The van der Waals surface area contributed by atoms with Crippen LogP contribution in [0.5, 0.6) is 5.75 Å². The second kappa shape index (κ2) is 12.1. The van der Waals surface area contributed by atoms with Crippen molar-refractivity contribution in [1.29, 1.82) is 0 Å². The van der Waals surface area contributed by atoms with Crippen LogP contribution in [0.4, 0.5) is 0 Å². The van der Waals surface area contributed by atoms with Gasteiger partial charge in [0, 0.05) is 19.5 Å². The van der Waals surface area contributed by atoms with Crippen molar-refractivity contribution in [2.24, 2.45) is 0 Å². The number of hydrogen-bond donors (Lipinski definition) is 3. The average molecular weight is 491 g/mol. The van der Waals surface area contributed by atoms with Gasteiger partial charge in [-0.05, 0) is 31.5 Å². The molecule has 3 N–H and O–H groups in total. The summed E-state index contributed by atoms with van der Waals surface area (Å²) in [5.74, 6) is -0.854. The molecule has 35 heavy (non-hydrogen) atoms. The van der Waals surface area contributed by atoms with Gasteiger partial charge in [-0.3, -0.25) is 24.1 Å². The fourth-order valence-corrected chi connectivity index (χ4v) is 3.57. The van der Waals surface area contributed by atoms with E-state index in [1.165, 1.54) is 0 Å². The summed E-state index contributed by atoms with van der Waals surface area (Å²) in [5, 5.41) is 7.98. The van der Waals surface area contributed by atoms with E-state index in [2.05, 4.69) is 16.0 Å². The van der Waals surface area contributed by atoms with Crippen molar-refractivity contribution < 1.29 is 33.4 Å². The van der Waals surface area contributed by atoms with Crippen LogP contribution in [0.15, 0.2) is 24.3 Å². The van der Waals surface area contributed by atoms with Gasteiger partial charge in [0.05, 0.1) is 40.0 Å². The highest BCUT2D eigenvalue weighted by Crippen LogP contribution is 2.26. The Hall–Kier alpha value is -3.02. The van der Waals surface area contributed by atoms with Crippen LogP contribution in [0.3, 0.4) is 0 Å². The first-order valence-corrected chi connectivity index (χ1v) is 11.7. The van der Waals surface area contributed by atoms with Gasteiger partial charge in [-0.25, -0.2) is 0 Å². The highest BCUT2D eigenvalue weighted by atomic mass is 16.6. The number of ketones is 1. The molecule has 0 saturated carbocycles. The molecule has 0 unspecified atom stereocenters. The molecule has 0 aliphatic carbocycles. The molecular weight excluding hydrogens is 456 g/mol. The zero-order valence-electron chi connectivity index (χ0n) is 20.4. The Morgan fingerprint density at radius 1 is 1.09 bits per heavy atom. The number of amides is 3. The Morgan fingerprint density at radius 3 is 2.34 bits per heavy atom. The number of morpholine rings is 1. The minimum Gasteiger partial charge on any atom is -0.497 e. The smallest absolute Gasteiger partial charge is 0.243 e. The molecule has 0 radical (unpaired) electrons. The fraction of sp³-hybridized carbons (Fsp3) is 0.583. The van der Waals surface area contributed by atoms with Crippen LogP contribution in [0, 0.1) is 0 Å². The Balaban J connectivity index is 1.58. The maximum atomic E-state index is 12.9. The Labute approximate surface area is 204 Å². The minimum atomic E-state index is -0.949. The maximum absolute atomic E-state index is 12.9. The van der Waals surface area contributed by atoms with E-state index < -0.39 is 29.5 Å². The first-order chi connectivity index (χ1) is 16.7. The summed E-state index contributed by atoms with van der Waals surface area (Å²) in [6.07, 6.45) is 0.192. The number of nitrogens with one attached hydrogen (secondary N) is 3. The summed E-state index contributed by atoms with van der Waals surface area (Å²) < 4.78 is 15.6. The van der Waals surface area contributed by atoms with Crippen LogP contribution in [-0.2, 0) is 35.1 Å². The molecule has 3 atom stereocenters. The fourth-order valence-electron chi connectivity index (χ4n) is 3.57. The molecule has 2 fully saturated rings. The number of Topliss-reactive ketones (excluding diaryl/α,β-unsaturated/α-hetero) is 1. The van der Waals surface area contributed by atoms with Gasteiger partial charge in [-0.2, -0.15) is 0 Å². The molecule has 1 aromatic rings. The number of carbonyl (C=O) groups is 4. The van der Waals surface area contributed by atoms with E-state index in [4.69, 9.17) is 14.2 Å². The SMILES string of the molecule is COc1ccc(C[C@H](NC(=O)[C@H](C)NC(=O)CN2CCOCC2)C(=O)NCC(=O)[C@@]2(C)CO2)cc1. The monoisotopic (exact) mass is 490 g/mol. The zero-order valence-corrected chi connectivity index (χ0v) is 20.4. The van der Waals surface area contributed by atoms with Crippen molar-refractivity contribution >= 4 is 23.5 Å². The molecule has 0 bridgehead atoms. The topological polar surface area (TPSA) is 139 Å². The third-order valence-electron chi connectivity index (χ3n) is 6.06. The largest absolute Gasteiger partial charge is 0.497 e. The lowest BCUT2D eigenvalue weighted by molar-refractivity contribution is -0.133. The first-order valence-electron chi connectivity index (χ1n) is 11.7. The second-order valence-electron chi connectivity index (χ2n) is 8.95. The standard InChI is InChI=1S/C24H34N4O7/c1-16(26-21(30)14-28-8-10-34-11-9-28)22(31)27-19(12-17-4-6-18(33-3)7-5-17)23(32)25-13-20(29)24(2)15-35-24/h4-7,16,19H,8-15H2,1-3H3,(H,25,32)(H,26,30)(H,27,31)/t16-,19-,24+/m0/s1. The third-order valence-corrected chi connectivity index (χ3v) is 6.06. The second-order valence-corrected chi connectivity index (χ2v) is 8.95. The predicted octanol–water partition coefficient (Wildman–Crippen LogP) is -0.966. The molecule has 3 amide bonds. The zero-order chi connectivity index (χ0) is 25.4. The molecule has 11 nitrogen and oxygen atoms in total. The van der Waals surface area contributed by atoms with E-state index in [0.717, 1.165) is 5.56 Å². The number of ether oxygens (including phenoxy) is 3. The quantitative estimate of drug-likeness (QED) is 0.318. The summed E-state index contributed by atoms with van der Waals surface area (Å²) in [5.41, 5.74) is -0.0551. The van der Waals surface area contributed by atoms with Crippen LogP contribution in [0.1, 0.15) is 19.4 Å². The van der Waals surface area contributed by atoms with E-state index >= 15 is 0 Å². The van der Waals surface area contributed by atoms with Gasteiger partial charge in [0.25, 0.3) is 0 Å². The van der Waals surface area contributed by atoms with Gasteiger partial charge in [-0.1, -0.05) is 12.1 Å². The van der Waals surface area contributed by atoms with Gasteiger partial charge >= 0.3 is 0 Å². The summed E-state index contributed by atoms with van der Waals surface area (Å²) in [6.45, 7) is 5.97. The van der Waals surface area contributed by atoms with E-state index in [0.29, 0.717) is 38.7 Å². The summed E-state index contributed by atoms with van der Waals surface area (Å²) in [6, 6.07) is 5.31. The highest BCUT2D eigenvalue weighted by Gasteiger charge is 2.46. The van der Waals surface area contributed by atoms with Crippen molar-refractivity contribution in [2.75, 3.05) is 53.1 Å². The van der Waals surface area contributed by atoms with Crippen LogP contribution < -0.4 is 20.7 Å². The molecule has 1 aromatic carbocycles. The van der Waals surface area contributed by atoms with Crippen LogP contribution in [0.2, 0.25) is 0 Å². The Kier molecular flexibility index (Phi) is 9.19. The Bertz CT molecular complexity index is 911. The van der Waals surface area contributed by atoms with Crippen molar-refractivity contribution in [2.45, 2.75) is 38.0 Å². The molecule has 0 aromatic heterocycles. The van der Waals surface area contributed by atoms with Crippen molar-refractivity contribution in [1.82, 2.24) is 20.9 Å². The lowest BCUT2D eigenvalue weighted by atomic mass is 10.0. The van der Waals surface area contributed by atoms with E-state index in [1.54, 1.807) is 45.2 Å². The van der Waals surface area contributed by atoms with Crippen molar-refractivity contribution in [3.63, 3.8) is 0 Å². The molecule has 0 spiro atoms. The van der Waals surface area contributed by atoms with Gasteiger partial charge in [0.15, 0.2) is 5.78 Å².